The number of aromatic hydroxyl groups is 2. The fourth-order valence-corrected chi connectivity index (χ4v) is 3.31. The number of nitrogens with zero attached hydrogens (tertiary/aromatic N) is 3. The van der Waals surface area contributed by atoms with Gasteiger partial charge in [0.2, 0.25) is 5.95 Å². The van der Waals surface area contributed by atoms with Crippen LogP contribution in [0.5, 0.6) is 23.0 Å². The van der Waals surface area contributed by atoms with Crippen molar-refractivity contribution in [3.8, 4) is 57.8 Å². The highest BCUT2D eigenvalue weighted by Crippen LogP contribution is 2.35. The number of methoxy groups -OCH3 is 2. The Bertz CT molecular complexity index is 1510. The van der Waals surface area contributed by atoms with E-state index in [1.165, 1.54) is 26.4 Å². The van der Waals surface area contributed by atoms with Crippen LogP contribution in [0.1, 0.15) is 17.3 Å². The van der Waals surface area contributed by atoms with Gasteiger partial charge in [0.1, 0.15) is 29.1 Å². The number of ether oxygens (including phenoxy) is 3. The fraction of sp³-hybridized carbons (Fsp3) is 0.111. The predicted molar refractivity (Wildman–Crippen MR) is 136 cm³/mol. The van der Waals surface area contributed by atoms with E-state index in [4.69, 9.17) is 14.2 Å². The van der Waals surface area contributed by atoms with Crippen LogP contribution in [0.25, 0.3) is 22.8 Å². The van der Waals surface area contributed by atoms with Gasteiger partial charge in [-0.25, -0.2) is 9.78 Å². The van der Waals surface area contributed by atoms with Crippen molar-refractivity contribution < 1.29 is 29.2 Å². The van der Waals surface area contributed by atoms with E-state index < -0.39 is 5.97 Å². The van der Waals surface area contributed by atoms with E-state index in [1.54, 1.807) is 55.5 Å². The lowest BCUT2D eigenvalue weighted by molar-refractivity contribution is 0.0600. The SMILES string of the molecule is CC#COc1ccc(-c2nc(Nc3ccc(C(=O)OC)cc3)nc(-c3ccc(OC)cc3O)n2)c(O)c1. The largest absolute Gasteiger partial charge is 0.507 e. The van der Waals surface area contributed by atoms with Crippen LogP contribution in [-0.2, 0) is 4.74 Å². The zero-order chi connectivity index (χ0) is 26.4. The minimum absolute atomic E-state index is 0.101. The number of nitrogens with one attached hydrogen (secondary N) is 1. The molecule has 0 atom stereocenters. The summed E-state index contributed by atoms with van der Waals surface area (Å²) in [5.74, 6) is 3.15. The van der Waals surface area contributed by atoms with Gasteiger partial charge in [0.15, 0.2) is 11.6 Å². The maximum Gasteiger partial charge on any atom is 0.337 e. The Morgan fingerprint density at radius 2 is 1.43 bits per heavy atom. The second-order valence-electron chi connectivity index (χ2n) is 7.52. The molecule has 0 radical (unpaired) electrons. The average molecular weight is 498 g/mol. The maximum absolute atomic E-state index is 11.7. The molecule has 0 spiro atoms. The highest BCUT2D eigenvalue weighted by molar-refractivity contribution is 5.89. The first-order chi connectivity index (χ1) is 17.9. The zero-order valence-corrected chi connectivity index (χ0v) is 20.1. The summed E-state index contributed by atoms with van der Waals surface area (Å²) >= 11 is 0. The van der Waals surface area contributed by atoms with Gasteiger partial charge in [-0.05, 0) is 48.5 Å². The van der Waals surface area contributed by atoms with Crippen LogP contribution in [0, 0.1) is 12.0 Å². The van der Waals surface area contributed by atoms with Crippen molar-refractivity contribution in [2.45, 2.75) is 6.92 Å². The van der Waals surface area contributed by atoms with Gasteiger partial charge in [-0.3, -0.25) is 0 Å². The van der Waals surface area contributed by atoms with Crippen LogP contribution < -0.4 is 14.8 Å². The molecule has 0 aliphatic carbocycles. The lowest BCUT2D eigenvalue weighted by Gasteiger charge is -2.12. The van der Waals surface area contributed by atoms with Crippen molar-refractivity contribution in [1.29, 1.82) is 0 Å². The molecule has 0 amide bonds. The summed E-state index contributed by atoms with van der Waals surface area (Å²) in [5.41, 5.74) is 1.60. The highest BCUT2D eigenvalue weighted by Gasteiger charge is 2.17. The van der Waals surface area contributed by atoms with Gasteiger partial charge < -0.3 is 29.7 Å². The average Bonchev–Trinajstić information content (AvgIpc) is 2.91. The normalized spacial score (nSPS) is 10.1. The number of carbonyl (C=O) groups excluding carboxylic acids is 1. The molecule has 0 saturated heterocycles. The monoisotopic (exact) mass is 498 g/mol. The first-order valence-corrected chi connectivity index (χ1v) is 10.9. The van der Waals surface area contributed by atoms with Crippen LogP contribution >= 0.6 is 0 Å². The number of hydrogen-bond donors (Lipinski definition) is 3. The molecule has 0 aliphatic rings. The first kappa shape index (κ1) is 24.8. The molecule has 10 heteroatoms. The van der Waals surface area contributed by atoms with Gasteiger partial charge >= 0.3 is 5.97 Å². The maximum atomic E-state index is 11.7. The summed E-state index contributed by atoms with van der Waals surface area (Å²) in [4.78, 5) is 25.1. The van der Waals surface area contributed by atoms with Crippen molar-refractivity contribution >= 4 is 17.6 Å². The summed E-state index contributed by atoms with van der Waals surface area (Å²) < 4.78 is 15.1. The van der Waals surface area contributed by atoms with E-state index in [-0.39, 0.29) is 29.1 Å². The number of phenolic OH excluding ortho intramolecular Hbond substituents is 2. The number of esters is 1. The molecule has 4 aromatic rings. The molecule has 0 saturated carbocycles. The Morgan fingerprint density at radius 1 is 0.838 bits per heavy atom. The third-order valence-corrected chi connectivity index (χ3v) is 5.12. The minimum atomic E-state index is -0.459. The van der Waals surface area contributed by atoms with Gasteiger partial charge in [-0.15, -0.1) is 0 Å². The van der Waals surface area contributed by atoms with E-state index in [9.17, 15) is 15.0 Å². The Balaban J connectivity index is 1.78. The van der Waals surface area contributed by atoms with Crippen LogP contribution in [-0.4, -0.2) is 45.4 Å². The van der Waals surface area contributed by atoms with Crippen LogP contribution in [0.15, 0.2) is 60.7 Å². The summed E-state index contributed by atoms with van der Waals surface area (Å²) in [6.07, 6.45) is 2.47. The van der Waals surface area contributed by atoms with Crippen LogP contribution in [0.4, 0.5) is 11.6 Å². The van der Waals surface area contributed by atoms with Crippen molar-refractivity contribution in [3.63, 3.8) is 0 Å². The van der Waals surface area contributed by atoms with E-state index in [2.05, 4.69) is 32.3 Å². The zero-order valence-electron chi connectivity index (χ0n) is 20.1. The van der Waals surface area contributed by atoms with Gasteiger partial charge in [0.25, 0.3) is 0 Å². The summed E-state index contributed by atoms with van der Waals surface area (Å²) in [6.45, 7) is 1.63. The molecule has 10 nitrogen and oxygen atoms in total. The molecular formula is C27H22N4O6. The Morgan fingerprint density at radius 3 is 1.97 bits per heavy atom. The van der Waals surface area contributed by atoms with Crippen LogP contribution in [0.3, 0.4) is 0 Å². The van der Waals surface area contributed by atoms with Crippen LogP contribution in [0.2, 0.25) is 0 Å². The Hall–Kier alpha value is -5.30. The molecule has 0 unspecified atom stereocenters. The number of rotatable bonds is 7. The van der Waals surface area contributed by atoms with E-state index in [0.29, 0.717) is 33.9 Å². The number of carbonyl (C=O) groups is 1. The third kappa shape index (κ3) is 5.68. The molecule has 1 aromatic heterocycles. The molecule has 186 valence electrons. The molecule has 4 rings (SSSR count). The summed E-state index contributed by atoms with van der Waals surface area (Å²) in [7, 11) is 2.80. The molecule has 1 heterocycles. The lowest BCUT2D eigenvalue weighted by Crippen LogP contribution is -2.04. The van der Waals surface area contributed by atoms with Crippen molar-refractivity contribution in [1.82, 2.24) is 15.0 Å². The van der Waals surface area contributed by atoms with Gasteiger partial charge in [-0.1, -0.05) is 5.92 Å². The number of benzene rings is 3. The molecule has 0 aliphatic heterocycles. The van der Waals surface area contributed by atoms with E-state index >= 15 is 0 Å². The first-order valence-electron chi connectivity index (χ1n) is 10.9. The Kier molecular flexibility index (Phi) is 7.35. The molecule has 3 aromatic carbocycles. The molecule has 37 heavy (non-hydrogen) atoms. The molecule has 0 fully saturated rings. The number of aromatic nitrogens is 3. The molecular weight excluding hydrogens is 476 g/mol. The number of hydrogen-bond acceptors (Lipinski definition) is 10. The fourth-order valence-electron chi connectivity index (χ4n) is 3.31. The van der Waals surface area contributed by atoms with Gasteiger partial charge in [0.05, 0.1) is 30.9 Å². The number of phenols is 2. The number of anilines is 2. The molecule has 0 bridgehead atoms. The quantitative estimate of drug-likeness (QED) is 0.246. The smallest absolute Gasteiger partial charge is 0.337 e. The second kappa shape index (κ2) is 11.0. The standard InChI is InChI=1S/C27H22N4O6/c1-4-13-37-19-10-12-21(23(33)15-19)25-29-24(20-11-9-18(35-2)14-22(20)32)30-27(31-25)28-17-7-5-16(6-8-17)26(34)36-3/h5-12,14-15,32-33H,1-3H3,(H,28,29,30,31). The van der Waals surface area contributed by atoms with Gasteiger partial charge in [0, 0.05) is 24.7 Å². The van der Waals surface area contributed by atoms with Crippen molar-refractivity contribution in [2.24, 2.45) is 0 Å². The molecule has 3 N–H and O–H groups in total. The summed E-state index contributed by atoms with van der Waals surface area (Å²) in [5, 5.41) is 24.3. The summed E-state index contributed by atoms with van der Waals surface area (Å²) in [6, 6.07) is 15.8. The minimum Gasteiger partial charge on any atom is -0.507 e. The highest BCUT2D eigenvalue weighted by atomic mass is 16.5. The lowest BCUT2D eigenvalue weighted by atomic mass is 10.1. The van der Waals surface area contributed by atoms with E-state index in [0.717, 1.165) is 0 Å². The third-order valence-electron chi connectivity index (χ3n) is 5.12. The second-order valence-corrected chi connectivity index (χ2v) is 7.52. The topological polar surface area (TPSA) is 136 Å². The Labute approximate surface area is 212 Å². The predicted octanol–water partition coefficient (Wildman–Crippen LogP) is 4.52. The van der Waals surface area contributed by atoms with E-state index in [1.807, 2.05) is 0 Å². The van der Waals surface area contributed by atoms with Crippen molar-refractivity contribution in [2.75, 3.05) is 19.5 Å². The van der Waals surface area contributed by atoms with Crippen molar-refractivity contribution in [3.05, 3.63) is 66.2 Å². The van der Waals surface area contributed by atoms with Gasteiger partial charge in [-0.2, -0.15) is 9.97 Å².